The third-order valence-electron chi connectivity index (χ3n) is 3.90. The second-order valence-corrected chi connectivity index (χ2v) is 5.69. The molecule has 1 fully saturated rings. The zero-order valence-corrected chi connectivity index (χ0v) is 12.3. The summed E-state index contributed by atoms with van der Waals surface area (Å²) in [5.41, 5.74) is 9.08. The van der Waals surface area contributed by atoms with Gasteiger partial charge in [0.2, 0.25) is 0 Å². The summed E-state index contributed by atoms with van der Waals surface area (Å²) in [7, 11) is 1.89. The fourth-order valence-corrected chi connectivity index (χ4v) is 2.79. The molecule has 0 aromatic carbocycles. The van der Waals surface area contributed by atoms with E-state index in [0.29, 0.717) is 6.04 Å². The first-order valence-corrected chi connectivity index (χ1v) is 7.43. The Kier molecular flexibility index (Phi) is 4.06. The first-order valence-electron chi connectivity index (χ1n) is 7.43. The third-order valence-corrected chi connectivity index (χ3v) is 3.90. The van der Waals surface area contributed by atoms with Crippen LogP contribution >= 0.6 is 0 Å². The van der Waals surface area contributed by atoms with Crippen LogP contribution in [0.5, 0.6) is 0 Å². The van der Waals surface area contributed by atoms with Crippen LogP contribution < -0.4 is 16.4 Å². The maximum absolute atomic E-state index is 6.18. The van der Waals surface area contributed by atoms with Gasteiger partial charge in [-0.3, -0.25) is 9.67 Å². The molecule has 0 saturated heterocycles. The summed E-state index contributed by atoms with van der Waals surface area (Å²) in [6.07, 6.45) is 12.1. The fourth-order valence-electron chi connectivity index (χ4n) is 2.79. The fraction of sp³-hybridized carbons (Fsp3) is 0.467. The first-order chi connectivity index (χ1) is 10.2. The van der Waals surface area contributed by atoms with Gasteiger partial charge in [-0.25, -0.2) is 0 Å². The molecule has 0 bridgehead atoms. The Balaban J connectivity index is 1.67. The molecule has 2 aromatic heterocycles. The summed E-state index contributed by atoms with van der Waals surface area (Å²) in [5.74, 6) is 0. The van der Waals surface area contributed by atoms with E-state index in [1.54, 1.807) is 17.1 Å². The molecule has 6 nitrogen and oxygen atoms in total. The molecule has 112 valence electrons. The molecule has 0 amide bonds. The Morgan fingerprint density at radius 2 is 1.95 bits per heavy atom. The Morgan fingerprint density at radius 3 is 2.71 bits per heavy atom. The van der Waals surface area contributed by atoms with Crippen LogP contribution in [0, 0.1) is 0 Å². The van der Waals surface area contributed by atoms with Crippen LogP contribution in [-0.4, -0.2) is 26.8 Å². The van der Waals surface area contributed by atoms with E-state index in [1.165, 1.54) is 12.8 Å². The number of anilines is 3. The standard InChI is InChI=1S/C15H22N6/c1-21-10-13(9-18-21)19-11-6-12(8-17-7-11)20-15-5-3-2-4-14(15)16/h6-10,14-15,19-20H,2-5,16H2,1H3/t14-,15+/m0/s1. The molecule has 1 saturated carbocycles. The quantitative estimate of drug-likeness (QED) is 0.803. The summed E-state index contributed by atoms with van der Waals surface area (Å²) in [6.45, 7) is 0. The van der Waals surface area contributed by atoms with Crippen molar-refractivity contribution >= 4 is 17.1 Å². The number of nitrogens with one attached hydrogen (secondary N) is 2. The number of aromatic nitrogens is 3. The van der Waals surface area contributed by atoms with Gasteiger partial charge in [0.25, 0.3) is 0 Å². The van der Waals surface area contributed by atoms with Crippen molar-refractivity contribution in [3.8, 4) is 0 Å². The number of pyridine rings is 1. The molecule has 0 unspecified atom stereocenters. The van der Waals surface area contributed by atoms with Crippen LogP contribution in [0.25, 0.3) is 0 Å². The van der Waals surface area contributed by atoms with E-state index in [0.717, 1.165) is 29.9 Å². The van der Waals surface area contributed by atoms with Crippen molar-refractivity contribution in [2.24, 2.45) is 12.8 Å². The highest BCUT2D eigenvalue weighted by Crippen LogP contribution is 2.23. The zero-order chi connectivity index (χ0) is 14.7. The number of aryl methyl sites for hydroxylation is 1. The second kappa shape index (κ2) is 6.13. The van der Waals surface area contributed by atoms with Gasteiger partial charge in [-0.15, -0.1) is 0 Å². The van der Waals surface area contributed by atoms with Gasteiger partial charge in [0.05, 0.1) is 35.7 Å². The molecule has 0 spiro atoms. The largest absolute Gasteiger partial charge is 0.379 e. The van der Waals surface area contributed by atoms with Crippen LogP contribution in [-0.2, 0) is 7.05 Å². The predicted octanol–water partition coefficient (Wildman–Crippen LogP) is 2.24. The Morgan fingerprint density at radius 1 is 1.14 bits per heavy atom. The maximum Gasteiger partial charge on any atom is 0.0770 e. The molecule has 2 atom stereocenters. The van der Waals surface area contributed by atoms with Gasteiger partial charge in [-0.2, -0.15) is 5.10 Å². The lowest BCUT2D eigenvalue weighted by molar-refractivity contribution is 0.404. The van der Waals surface area contributed by atoms with Gasteiger partial charge < -0.3 is 16.4 Å². The molecule has 0 aliphatic heterocycles. The number of nitrogens with zero attached hydrogens (tertiary/aromatic N) is 3. The average molecular weight is 286 g/mol. The van der Waals surface area contributed by atoms with E-state index >= 15 is 0 Å². The summed E-state index contributed by atoms with van der Waals surface area (Å²) in [5, 5.41) is 11.0. The van der Waals surface area contributed by atoms with Gasteiger partial charge in [-0.1, -0.05) is 12.8 Å². The van der Waals surface area contributed by atoms with Gasteiger partial charge in [0, 0.05) is 25.3 Å². The first kappa shape index (κ1) is 13.9. The SMILES string of the molecule is Cn1cc(Nc2cncc(N[C@@H]3CCCC[C@@H]3N)c2)cn1. The highest BCUT2D eigenvalue weighted by atomic mass is 15.3. The zero-order valence-electron chi connectivity index (χ0n) is 12.3. The molecule has 3 rings (SSSR count). The van der Waals surface area contributed by atoms with Gasteiger partial charge >= 0.3 is 0 Å². The topological polar surface area (TPSA) is 80.8 Å². The minimum Gasteiger partial charge on any atom is -0.379 e. The van der Waals surface area contributed by atoms with Crippen LogP contribution in [0.3, 0.4) is 0 Å². The van der Waals surface area contributed by atoms with Crippen molar-refractivity contribution in [3.05, 3.63) is 30.9 Å². The maximum atomic E-state index is 6.18. The summed E-state index contributed by atoms with van der Waals surface area (Å²) < 4.78 is 1.76. The van der Waals surface area contributed by atoms with Crippen LogP contribution in [0.2, 0.25) is 0 Å². The Bertz CT molecular complexity index is 593. The van der Waals surface area contributed by atoms with E-state index in [1.807, 2.05) is 19.4 Å². The number of rotatable bonds is 4. The van der Waals surface area contributed by atoms with Crippen molar-refractivity contribution in [2.75, 3.05) is 10.6 Å². The summed E-state index contributed by atoms with van der Waals surface area (Å²) in [6, 6.07) is 2.63. The Labute approximate surface area is 124 Å². The van der Waals surface area contributed by atoms with Crippen LogP contribution in [0.1, 0.15) is 25.7 Å². The normalized spacial score (nSPS) is 22.0. The van der Waals surface area contributed by atoms with Gasteiger partial charge in [-0.05, 0) is 18.9 Å². The third kappa shape index (κ3) is 3.52. The van der Waals surface area contributed by atoms with Crippen LogP contribution in [0.15, 0.2) is 30.9 Å². The van der Waals surface area contributed by atoms with E-state index in [-0.39, 0.29) is 6.04 Å². The smallest absolute Gasteiger partial charge is 0.0770 e. The van der Waals surface area contributed by atoms with E-state index in [4.69, 9.17) is 5.73 Å². The number of hydrogen-bond donors (Lipinski definition) is 3. The van der Waals surface area contributed by atoms with Gasteiger partial charge in [0.15, 0.2) is 0 Å². The van der Waals surface area contributed by atoms with Crippen LogP contribution in [0.4, 0.5) is 17.1 Å². The number of nitrogens with two attached hydrogens (primary N) is 1. The molecule has 4 N–H and O–H groups in total. The second-order valence-electron chi connectivity index (χ2n) is 5.69. The molecule has 1 aliphatic carbocycles. The monoisotopic (exact) mass is 286 g/mol. The molecular weight excluding hydrogens is 264 g/mol. The Hall–Kier alpha value is -2.08. The molecule has 1 aliphatic rings. The van der Waals surface area contributed by atoms with Crippen molar-refractivity contribution in [3.63, 3.8) is 0 Å². The lowest BCUT2D eigenvalue weighted by atomic mass is 9.91. The lowest BCUT2D eigenvalue weighted by Crippen LogP contribution is -2.42. The van der Waals surface area contributed by atoms with Crippen molar-refractivity contribution in [1.29, 1.82) is 0 Å². The summed E-state index contributed by atoms with van der Waals surface area (Å²) in [4.78, 5) is 4.29. The molecule has 2 heterocycles. The van der Waals surface area contributed by atoms with Crippen molar-refractivity contribution in [2.45, 2.75) is 37.8 Å². The highest BCUT2D eigenvalue weighted by Gasteiger charge is 2.21. The minimum atomic E-state index is 0.230. The molecular formula is C15H22N6. The van der Waals surface area contributed by atoms with E-state index < -0.39 is 0 Å². The molecule has 2 aromatic rings. The van der Waals surface area contributed by atoms with E-state index in [9.17, 15) is 0 Å². The molecule has 21 heavy (non-hydrogen) atoms. The predicted molar refractivity (Wildman–Crippen MR) is 84.6 cm³/mol. The summed E-state index contributed by atoms with van der Waals surface area (Å²) >= 11 is 0. The molecule has 6 heteroatoms. The highest BCUT2D eigenvalue weighted by molar-refractivity contribution is 5.62. The van der Waals surface area contributed by atoms with Crippen molar-refractivity contribution in [1.82, 2.24) is 14.8 Å². The number of hydrogen-bond acceptors (Lipinski definition) is 5. The van der Waals surface area contributed by atoms with Crippen molar-refractivity contribution < 1.29 is 0 Å². The minimum absolute atomic E-state index is 0.230. The van der Waals surface area contributed by atoms with E-state index in [2.05, 4.69) is 26.8 Å². The van der Waals surface area contributed by atoms with Gasteiger partial charge in [0.1, 0.15) is 0 Å². The molecule has 0 radical (unpaired) electrons. The average Bonchev–Trinajstić information content (AvgIpc) is 2.87. The lowest BCUT2D eigenvalue weighted by Gasteiger charge is -2.30.